The van der Waals surface area contributed by atoms with Crippen LogP contribution < -0.4 is 0 Å². The molecule has 2 unspecified atom stereocenters. The van der Waals surface area contributed by atoms with Gasteiger partial charge in [-0.15, -0.1) is 0 Å². The van der Waals surface area contributed by atoms with Crippen molar-refractivity contribution < 1.29 is 9.47 Å². The molecule has 12 heavy (non-hydrogen) atoms. The van der Waals surface area contributed by atoms with Gasteiger partial charge in [-0.05, 0) is 19.3 Å². The zero-order chi connectivity index (χ0) is 8.81. The first-order chi connectivity index (χ1) is 5.88. The predicted molar refractivity (Wildman–Crippen MR) is 48.7 cm³/mol. The average Bonchev–Trinajstić information content (AvgIpc) is 1.99. The lowest BCUT2D eigenvalue weighted by Gasteiger charge is -2.33. The molecule has 0 aliphatic carbocycles. The fraction of sp³-hybridized carbons (Fsp3) is 0.900. The van der Waals surface area contributed by atoms with E-state index >= 15 is 0 Å². The Labute approximate surface area is 75.2 Å². The van der Waals surface area contributed by atoms with Gasteiger partial charge in [-0.3, -0.25) is 0 Å². The summed E-state index contributed by atoms with van der Waals surface area (Å²) in [4.78, 5) is 0. The normalized spacial score (nSPS) is 25.0. The quantitative estimate of drug-likeness (QED) is 0.571. The number of rotatable bonds is 6. The molecule has 0 aromatic heterocycles. The number of hydrogen-bond acceptors (Lipinski definition) is 2. The van der Waals surface area contributed by atoms with Crippen LogP contribution in [0, 0.1) is 12.5 Å². The third-order valence-electron chi connectivity index (χ3n) is 2.38. The lowest BCUT2D eigenvalue weighted by atomic mass is 9.95. The molecule has 0 N–H and O–H groups in total. The molecule has 0 saturated carbocycles. The Morgan fingerprint density at radius 2 is 2.33 bits per heavy atom. The van der Waals surface area contributed by atoms with Crippen molar-refractivity contribution in [2.45, 2.75) is 39.2 Å². The van der Waals surface area contributed by atoms with Gasteiger partial charge in [0, 0.05) is 12.5 Å². The predicted octanol–water partition coefficient (Wildman–Crippen LogP) is 2.39. The van der Waals surface area contributed by atoms with Crippen molar-refractivity contribution in [1.29, 1.82) is 0 Å². The molecule has 1 aliphatic heterocycles. The van der Waals surface area contributed by atoms with Gasteiger partial charge in [-0.2, -0.15) is 0 Å². The molecule has 0 aromatic rings. The lowest BCUT2D eigenvalue weighted by molar-refractivity contribution is -0.0990. The molecule has 1 saturated heterocycles. The molecule has 1 rings (SSSR count). The summed E-state index contributed by atoms with van der Waals surface area (Å²) in [5.74, 6) is 0.599. The van der Waals surface area contributed by atoms with Crippen molar-refractivity contribution in [3.8, 4) is 0 Å². The second-order valence-corrected chi connectivity index (χ2v) is 3.27. The van der Waals surface area contributed by atoms with Crippen LogP contribution in [0.2, 0.25) is 0 Å². The molecule has 1 fully saturated rings. The third-order valence-corrected chi connectivity index (χ3v) is 2.38. The van der Waals surface area contributed by atoms with Crippen molar-refractivity contribution in [3.63, 3.8) is 0 Å². The molecule has 0 aromatic carbocycles. The van der Waals surface area contributed by atoms with Crippen molar-refractivity contribution in [1.82, 2.24) is 0 Å². The molecule has 0 amide bonds. The van der Waals surface area contributed by atoms with E-state index in [2.05, 4.69) is 13.8 Å². The Hall–Kier alpha value is -0.0800. The Morgan fingerprint density at radius 1 is 1.58 bits per heavy atom. The van der Waals surface area contributed by atoms with Crippen LogP contribution in [0.5, 0.6) is 0 Å². The Kier molecular flexibility index (Phi) is 4.62. The molecule has 71 valence electrons. The van der Waals surface area contributed by atoms with E-state index in [-0.39, 0.29) is 0 Å². The summed E-state index contributed by atoms with van der Waals surface area (Å²) in [6, 6.07) is 0. The Balaban J connectivity index is 2.07. The van der Waals surface area contributed by atoms with Gasteiger partial charge in [-0.25, -0.2) is 0 Å². The van der Waals surface area contributed by atoms with E-state index in [1.54, 1.807) is 0 Å². The van der Waals surface area contributed by atoms with Gasteiger partial charge in [0.25, 0.3) is 0 Å². The molecule has 0 spiro atoms. The first kappa shape index (κ1) is 10.0. The SMILES string of the molecule is CC[CH]OCC(CC)C1CCO1. The van der Waals surface area contributed by atoms with E-state index in [0.717, 1.165) is 26.1 Å². The van der Waals surface area contributed by atoms with Gasteiger partial charge in [0.05, 0.1) is 19.3 Å². The van der Waals surface area contributed by atoms with E-state index in [0.29, 0.717) is 12.0 Å². The highest BCUT2D eigenvalue weighted by atomic mass is 16.5. The van der Waals surface area contributed by atoms with Crippen LogP contribution in [0.25, 0.3) is 0 Å². The fourth-order valence-corrected chi connectivity index (χ4v) is 1.42. The van der Waals surface area contributed by atoms with Crippen molar-refractivity contribution in [2.24, 2.45) is 5.92 Å². The van der Waals surface area contributed by atoms with Crippen molar-refractivity contribution >= 4 is 0 Å². The van der Waals surface area contributed by atoms with E-state index in [1.165, 1.54) is 6.42 Å². The highest BCUT2D eigenvalue weighted by molar-refractivity contribution is 4.75. The first-order valence-electron chi connectivity index (χ1n) is 4.93. The van der Waals surface area contributed by atoms with Gasteiger partial charge in [-0.1, -0.05) is 13.8 Å². The van der Waals surface area contributed by atoms with Crippen LogP contribution in [0.3, 0.4) is 0 Å². The smallest absolute Gasteiger partial charge is 0.0834 e. The van der Waals surface area contributed by atoms with Gasteiger partial charge in [0.15, 0.2) is 0 Å². The topological polar surface area (TPSA) is 18.5 Å². The molecule has 1 aliphatic rings. The minimum atomic E-state index is 0.472. The largest absolute Gasteiger partial charge is 0.378 e. The van der Waals surface area contributed by atoms with Crippen molar-refractivity contribution in [2.75, 3.05) is 13.2 Å². The molecular formula is C10H19O2. The summed E-state index contributed by atoms with van der Waals surface area (Å²) >= 11 is 0. The van der Waals surface area contributed by atoms with Gasteiger partial charge >= 0.3 is 0 Å². The van der Waals surface area contributed by atoms with Crippen molar-refractivity contribution in [3.05, 3.63) is 6.61 Å². The van der Waals surface area contributed by atoms with E-state index < -0.39 is 0 Å². The summed E-state index contributed by atoms with van der Waals surface area (Å²) in [6.45, 7) is 7.93. The number of hydrogen-bond donors (Lipinski definition) is 0. The Bertz CT molecular complexity index is 110. The Morgan fingerprint density at radius 3 is 2.75 bits per heavy atom. The monoisotopic (exact) mass is 171 g/mol. The summed E-state index contributed by atoms with van der Waals surface area (Å²) in [5.41, 5.74) is 0. The maximum atomic E-state index is 5.42. The van der Waals surface area contributed by atoms with E-state index in [9.17, 15) is 0 Å². The van der Waals surface area contributed by atoms with Gasteiger partial charge < -0.3 is 9.47 Å². The maximum absolute atomic E-state index is 5.42. The van der Waals surface area contributed by atoms with Gasteiger partial charge in [0.1, 0.15) is 0 Å². The number of ether oxygens (including phenoxy) is 2. The summed E-state index contributed by atoms with van der Waals surface area (Å²) in [5, 5.41) is 0. The molecule has 2 atom stereocenters. The van der Waals surface area contributed by atoms with Crippen LogP contribution in [0.4, 0.5) is 0 Å². The van der Waals surface area contributed by atoms with Crippen LogP contribution >= 0.6 is 0 Å². The summed E-state index contributed by atoms with van der Waals surface area (Å²) < 4.78 is 10.8. The summed E-state index contributed by atoms with van der Waals surface area (Å²) in [7, 11) is 0. The second-order valence-electron chi connectivity index (χ2n) is 3.27. The summed E-state index contributed by atoms with van der Waals surface area (Å²) in [6.07, 6.45) is 3.83. The maximum Gasteiger partial charge on any atom is 0.0834 e. The van der Waals surface area contributed by atoms with Crippen LogP contribution in [0.1, 0.15) is 33.1 Å². The van der Waals surface area contributed by atoms with Crippen LogP contribution in [0.15, 0.2) is 0 Å². The molecular weight excluding hydrogens is 152 g/mol. The van der Waals surface area contributed by atoms with E-state index in [4.69, 9.17) is 9.47 Å². The minimum absolute atomic E-state index is 0.472. The van der Waals surface area contributed by atoms with Gasteiger partial charge in [0.2, 0.25) is 0 Å². The third kappa shape index (κ3) is 2.76. The molecule has 1 radical (unpaired) electrons. The molecule has 2 heteroatoms. The first-order valence-corrected chi connectivity index (χ1v) is 4.93. The van der Waals surface area contributed by atoms with Crippen LogP contribution in [-0.4, -0.2) is 19.3 Å². The highest BCUT2D eigenvalue weighted by Gasteiger charge is 2.26. The standard InChI is InChI=1S/C10H19O2/c1-3-6-11-8-9(4-2)10-5-7-12-10/h6,9-10H,3-5,7-8H2,1-2H3. The molecule has 1 heterocycles. The average molecular weight is 171 g/mol. The zero-order valence-corrected chi connectivity index (χ0v) is 8.08. The lowest BCUT2D eigenvalue weighted by Crippen LogP contribution is -2.36. The van der Waals surface area contributed by atoms with Crippen LogP contribution in [-0.2, 0) is 9.47 Å². The molecule has 2 nitrogen and oxygen atoms in total. The molecule has 0 bridgehead atoms. The fourth-order valence-electron chi connectivity index (χ4n) is 1.42. The van der Waals surface area contributed by atoms with E-state index in [1.807, 2.05) is 6.61 Å². The zero-order valence-electron chi connectivity index (χ0n) is 8.08. The highest BCUT2D eigenvalue weighted by Crippen LogP contribution is 2.23. The minimum Gasteiger partial charge on any atom is -0.378 e. The second kappa shape index (κ2) is 5.55.